The van der Waals surface area contributed by atoms with Crippen LogP contribution in [-0.2, 0) is 16.0 Å². The number of likely N-dealkylation sites (N-methyl/N-ethyl adjacent to an activating group) is 1. The van der Waals surface area contributed by atoms with E-state index < -0.39 is 43.7 Å². The van der Waals surface area contributed by atoms with E-state index in [9.17, 15) is 11.0 Å². The van der Waals surface area contributed by atoms with Crippen molar-refractivity contribution < 1.29 is 30.0 Å². The normalized spacial score (nSPS) is 33.3. The summed E-state index contributed by atoms with van der Waals surface area (Å²) < 4.78 is 78.0. The summed E-state index contributed by atoms with van der Waals surface area (Å²) in [6.07, 6.45) is -2.94. The SMILES string of the molecule is [2H]C([2H])([2H])N1C(=O)[C@]2([2H])N(C(=O)C1([2H])[2H])C(c1ccc3c(c1)OCO3)c1[nH]c3ccccc3c1C2([2H])[2H]. The van der Waals surface area contributed by atoms with Crippen LogP contribution in [0.15, 0.2) is 42.5 Å². The Morgan fingerprint density at radius 3 is 2.97 bits per heavy atom. The summed E-state index contributed by atoms with van der Waals surface area (Å²) in [5.74, 6) is -2.51. The summed E-state index contributed by atoms with van der Waals surface area (Å²) >= 11 is 0. The molecule has 7 nitrogen and oxygen atoms in total. The van der Waals surface area contributed by atoms with Gasteiger partial charge in [-0.2, -0.15) is 0 Å². The van der Waals surface area contributed by atoms with Gasteiger partial charge in [0.2, 0.25) is 18.6 Å². The van der Waals surface area contributed by atoms with Gasteiger partial charge < -0.3 is 24.3 Å². The number of rotatable bonds is 1. The van der Waals surface area contributed by atoms with Crippen molar-refractivity contribution in [3.63, 3.8) is 0 Å². The summed E-state index contributed by atoms with van der Waals surface area (Å²) in [7, 11) is 0. The van der Waals surface area contributed by atoms with Gasteiger partial charge in [-0.15, -0.1) is 0 Å². The number of hydrogen-bond acceptors (Lipinski definition) is 4. The number of para-hydroxylation sites is 1. The molecule has 2 atom stereocenters. The summed E-state index contributed by atoms with van der Waals surface area (Å²) in [4.78, 5) is 30.9. The predicted octanol–water partition coefficient (Wildman–Crippen LogP) is 2.21. The van der Waals surface area contributed by atoms with E-state index in [2.05, 4.69) is 4.98 Å². The largest absolute Gasteiger partial charge is 0.454 e. The molecule has 0 saturated carbocycles. The van der Waals surface area contributed by atoms with Crippen molar-refractivity contribution in [1.82, 2.24) is 14.8 Å². The molecule has 1 N–H and O–H groups in total. The number of carbonyl (C=O) groups excluding carboxylic acids is 2. The van der Waals surface area contributed by atoms with Crippen molar-refractivity contribution in [3.8, 4) is 11.5 Å². The molecule has 0 aliphatic carbocycles. The fourth-order valence-electron chi connectivity index (χ4n) is 4.02. The number of ether oxygens (including phenoxy) is 2. The molecule has 1 saturated heterocycles. The maximum Gasteiger partial charge on any atom is 0.245 e. The Hall–Kier alpha value is -3.48. The Balaban J connectivity index is 1.71. The molecule has 1 aromatic heterocycles. The van der Waals surface area contributed by atoms with Gasteiger partial charge in [0, 0.05) is 36.8 Å². The Morgan fingerprint density at radius 1 is 1.21 bits per heavy atom. The molecule has 4 heterocycles. The number of nitrogens with zero attached hydrogens (tertiary/aromatic N) is 2. The molecule has 1 unspecified atom stereocenters. The Bertz CT molecular complexity index is 1500. The van der Waals surface area contributed by atoms with Gasteiger partial charge in [0.1, 0.15) is 6.02 Å². The van der Waals surface area contributed by atoms with E-state index in [1.54, 1.807) is 30.3 Å². The zero-order valence-corrected chi connectivity index (χ0v) is 14.9. The van der Waals surface area contributed by atoms with Gasteiger partial charge in [-0.25, -0.2) is 0 Å². The van der Waals surface area contributed by atoms with Crippen molar-refractivity contribution in [1.29, 1.82) is 0 Å². The first-order valence-corrected chi connectivity index (χ1v) is 8.91. The van der Waals surface area contributed by atoms with Crippen molar-refractivity contribution in [2.75, 3.05) is 20.3 Å². The first-order chi connectivity index (χ1) is 17.2. The quantitative estimate of drug-likeness (QED) is 0.683. The molecule has 1 fully saturated rings. The highest BCUT2D eigenvalue weighted by atomic mass is 16.7. The number of carbonyl (C=O) groups is 2. The first kappa shape index (κ1) is 10.3. The van der Waals surface area contributed by atoms with Gasteiger partial charge in [-0.1, -0.05) is 24.3 Å². The minimum absolute atomic E-state index is 0.0523. The second-order valence-corrected chi connectivity index (χ2v) is 6.88. The third kappa shape index (κ3) is 2.24. The summed E-state index contributed by atoms with van der Waals surface area (Å²) in [6, 6.07) is 6.67. The van der Waals surface area contributed by atoms with E-state index in [-0.39, 0.29) is 28.5 Å². The first-order valence-electron chi connectivity index (χ1n) is 12.9. The molecular formula is C22H19N3O4. The minimum atomic E-state index is -3.46. The smallest absolute Gasteiger partial charge is 0.245 e. The molecule has 3 aliphatic rings. The molecule has 6 rings (SSSR count). The lowest BCUT2D eigenvalue weighted by Gasteiger charge is -2.46. The molecule has 7 heteroatoms. The Labute approximate surface area is 178 Å². The second kappa shape index (κ2) is 5.76. The third-order valence-electron chi connectivity index (χ3n) is 5.30. The van der Waals surface area contributed by atoms with Crippen molar-refractivity contribution in [3.05, 3.63) is 59.3 Å². The standard InChI is InChI=1S/C22H19N3O4/c1-24-10-19(26)25-16(22(24)27)9-14-13-4-2-3-5-15(13)23-20(14)21(25)12-6-7-17-18(8-12)29-11-28-17/h2-8,16,21,23H,9-11H2,1H3/t16-,21?/m1/s1/i1D3,9D2,10D2,16D. The maximum atomic E-state index is 13.8. The average molecular weight is 397 g/mol. The molecule has 0 spiro atoms. The number of benzene rings is 2. The number of H-pyrrole nitrogens is 1. The molecule has 29 heavy (non-hydrogen) atoms. The second-order valence-electron chi connectivity index (χ2n) is 6.88. The van der Waals surface area contributed by atoms with Crippen molar-refractivity contribution in [2.45, 2.75) is 18.4 Å². The highest BCUT2D eigenvalue weighted by Crippen LogP contribution is 2.44. The van der Waals surface area contributed by atoms with Crippen LogP contribution in [-0.4, -0.2) is 52.9 Å². The Morgan fingerprint density at radius 2 is 2.07 bits per heavy atom. The molecule has 3 aliphatic heterocycles. The van der Waals surface area contributed by atoms with Gasteiger partial charge in [-0.05, 0) is 29.3 Å². The molecule has 3 aromatic rings. The van der Waals surface area contributed by atoms with Crippen LogP contribution in [0.1, 0.15) is 33.8 Å². The van der Waals surface area contributed by atoms with Crippen molar-refractivity contribution >= 4 is 22.7 Å². The molecule has 2 aromatic carbocycles. The minimum Gasteiger partial charge on any atom is -0.454 e. The van der Waals surface area contributed by atoms with Crippen LogP contribution < -0.4 is 9.47 Å². The van der Waals surface area contributed by atoms with Gasteiger partial charge in [0.05, 0.1) is 16.7 Å². The number of hydrogen-bond donors (Lipinski definition) is 1. The lowest BCUT2D eigenvalue weighted by molar-refractivity contribution is -0.157. The van der Waals surface area contributed by atoms with Crippen LogP contribution in [0.3, 0.4) is 0 Å². The topological polar surface area (TPSA) is 74.9 Å². The van der Waals surface area contributed by atoms with E-state index in [0.29, 0.717) is 27.3 Å². The summed E-state index contributed by atoms with van der Waals surface area (Å²) in [5.41, 5.74) is 0.781. The highest BCUT2D eigenvalue weighted by Gasteiger charge is 2.47. The number of piperazine rings is 1. The number of nitrogens with one attached hydrogen (secondary N) is 1. The van der Waals surface area contributed by atoms with Crippen LogP contribution in [0, 0.1) is 0 Å². The van der Waals surface area contributed by atoms with Crippen LogP contribution in [0.25, 0.3) is 10.9 Å². The fourth-order valence-corrected chi connectivity index (χ4v) is 4.02. The number of amides is 2. The maximum absolute atomic E-state index is 13.8. The van der Waals surface area contributed by atoms with E-state index in [1.807, 2.05) is 0 Å². The van der Waals surface area contributed by atoms with Crippen molar-refractivity contribution in [2.24, 2.45) is 0 Å². The van der Waals surface area contributed by atoms with Gasteiger partial charge in [0.15, 0.2) is 11.5 Å². The summed E-state index contributed by atoms with van der Waals surface area (Å²) in [5, 5.41) is 0.341. The molecule has 0 bridgehead atoms. The monoisotopic (exact) mass is 397 g/mol. The van der Waals surface area contributed by atoms with E-state index in [1.165, 1.54) is 12.1 Å². The highest BCUT2D eigenvalue weighted by molar-refractivity contribution is 5.97. The summed E-state index contributed by atoms with van der Waals surface area (Å²) in [6.45, 7) is -6.90. The Kier molecular flexibility index (Phi) is 2.05. The zero-order chi connectivity index (χ0) is 26.7. The van der Waals surface area contributed by atoms with Crippen LogP contribution in [0.4, 0.5) is 0 Å². The lowest BCUT2D eigenvalue weighted by Crippen LogP contribution is -2.62. The molecule has 0 radical (unpaired) electrons. The predicted molar refractivity (Wildman–Crippen MR) is 105 cm³/mol. The van der Waals surface area contributed by atoms with E-state index >= 15 is 0 Å². The number of aromatic nitrogens is 1. The van der Waals surface area contributed by atoms with Gasteiger partial charge in [0.25, 0.3) is 0 Å². The third-order valence-corrected chi connectivity index (χ3v) is 5.30. The number of fused-ring (bicyclic) bond motifs is 5. The van der Waals surface area contributed by atoms with Crippen LogP contribution >= 0.6 is 0 Å². The fraction of sp³-hybridized carbons (Fsp3) is 0.273. The van der Waals surface area contributed by atoms with E-state index in [4.69, 9.17) is 19.1 Å². The van der Waals surface area contributed by atoms with Gasteiger partial charge in [-0.3, -0.25) is 9.59 Å². The number of aromatic amines is 1. The van der Waals surface area contributed by atoms with Gasteiger partial charge >= 0.3 is 0 Å². The average Bonchev–Trinajstić information content (AvgIpc) is 3.43. The molecule has 146 valence electrons. The molecule has 2 amide bonds. The zero-order valence-electron chi connectivity index (χ0n) is 22.9. The van der Waals surface area contributed by atoms with Crippen LogP contribution in [0.5, 0.6) is 11.5 Å². The molecular weight excluding hydrogens is 370 g/mol. The van der Waals surface area contributed by atoms with Crippen LogP contribution in [0.2, 0.25) is 0 Å². The lowest BCUT2D eigenvalue weighted by atomic mass is 9.86. The van der Waals surface area contributed by atoms with E-state index in [0.717, 1.165) is 0 Å².